The molecule has 0 fully saturated rings. The third-order valence-corrected chi connectivity index (χ3v) is 0.483. The molecule has 0 aliphatic carbocycles. The molecule has 0 radical (unpaired) electrons. The lowest BCUT2D eigenvalue weighted by Crippen LogP contribution is -1.59. The van der Waals surface area contributed by atoms with Gasteiger partial charge >= 0.3 is 0 Å². The summed E-state index contributed by atoms with van der Waals surface area (Å²) in [6.07, 6.45) is 2.35. The summed E-state index contributed by atoms with van der Waals surface area (Å²) < 4.78 is 6.77. The molecule has 1 atom stereocenters. The van der Waals surface area contributed by atoms with Crippen molar-refractivity contribution in [1.82, 2.24) is 0 Å². The van der Waals surface area contributed by atoms with E-state index in [9.17, 15) is 0 Å². The topological polar surface area (TPSA) is 0 Å². The summed E-state index contributed by atoms with van der Waals surface area (Å²) in [7, 11) is 0. The van der Waals surface area contributed by atoms with E-state index in [0.29, 0.717) is 6.42 Å². The number of rotatable bonds is 2. The molecule has 0 N–H and O–H groups in total. The number of hydrogen-bond donors (Lipinski definition) is 1. The molecule has 30 valence electrons. The zero-order chi connectivity index (χ0) is 4.99. The smallest absolute Gasteiger partial charge is 0.0381 e. The Labute approximate surface area is 39.7 Å². The predicted octanol–water partition coefficient (Wildman–Crippen LogP) is 1.49. The summed E-state index contributed by atoms with van der Waals surface area (Å²) in [6.45, 7) is 3.43. The van der Waals surface area contributed by atoms with Gasteiger partial charge in [0.25, 0.3) is 0 Å². The van der Waals surface area contributed by atoms with Crippen molar-refractivity contribution in [2.75, 3.05) is 5.73 Å². The minimum Gasteiger partial charge on any atom is -0.179 e. The maximum absolute atomic E-state index is 6.77. The molecule has 0 nitrogen and oxygen atoms in total. The quantitative estimate of drug-likeness (QED) is 0.384. The zero-order valence-corrected chi connectivity index (χ0v) is 3.91. The van der Waals surface area contributed by atoms with Gasteiger partial charge in [0.2, 0.25) is 0 Å². The fraction of sp³-hybridized carbons (Fsp3) is 0.500. The van der Waals surface area contributed by atoms with Gasteiger partial charge in [0.05, 0.1) is 0 Å². The molecule has 0 aromatic heterocycles. The van der Waals surface area contributed by atoms with Crippen LogP contribution in [0, 0.1) is 0 Å². The van der Waals surface area contributed by atoms with E-state index in [2.05, 4.69) is 19.2 Å². The van der Waals surface area contributed by atoms with Crippen LogP contribution in [0.3, 0.4) is 0 Å². The first-order valence-corrected chi connectivity index (χ1v) is 2.00. The maximum Gasteiger partial charge on any atom is 0.0381 e. The normalized spacial score (nSPS) is 16.6. The molecule has 5 heavy (non-hydrogen) atoms. The van der Waals surface area contributed by atoms with Gasteiger partial charge in [-0.1, -0.05) is 6.08 Å². The predicted molar refractivity (Wildman–Crippen MR) is 28.7 cm³/mol. The molecule has 0 spiro atoms. The van der Waals surface area contributed by atoms with Crippen molar-refractivity contribution in [1.29, 1.82) is 0 Å². The van der Waals surface area contributed by atoms with Crippen LogP contribution in [0.2, 0.25) is 0 Å². The van der Waals surface area contributed by atoms with Crippen LogP contribution in [0.1, 0.15) is 7.79 Å². The van der Waals surface area contributed by atoms with Crippen LogP contribution >= 0.6 is 12.6 Å². The molecule has 0 saturated carbocycles. The summed E-state index contributed by atoms with van der Waals surface area (Å²) in [4.78, 5) is 0. The molecule has 0 aliphatic heterocycles. The second-order valence-corrected chi connectivity index (χ2v) is 1.07. The van der Waals surface area contributed by atoms with Gasteiger partial charge in [-0.3, -0.25) is 0 Å². The van der Waals surface area contributed by atoms with Crippen LogP contribution in [0.25, 0.3) is 0 Å². The average molecular weight is 89.2 g/mol. The van der Waals surface area contributed by atoms with Gasteiger partial charge in [-0.25, -0.2) is 0 Å². The highest BCUT2D eigenvalue weighted by atomic mass is 32.1. The van der Waals surface area contributed by atoms with E-state index in [0.717, 1.165) is 0 Å². The monoisotopic (exact) mass is 89.0 g/mol. The van der Waals surface area contributed by atoms with E-state index in [-0.39, 0.29) is 5.73 Å². The van der Waals surface area contributed by atoms with Gasteiger partial charge < -0.3 is 0 Å². The Balaban J connectivity index is 2.81. The van der Waals surface area contributed by atoms with Gasteiger partial charge in [0.1, 0.15) is 0 Å². The Morgan fingerprint density at radius 1 is 2.20 bits per heavy atom. The van der Waals surface area contributed by atoms with Crippen LogP contribution in [-0.4, -0.2) is 5.73 Å². The highest BCUT2D eigenvalue weighted by Gasteiger charge is 1.62. The van der Waals surface area contributed by atoms with E-state index >= 15 is 0 Å². The molecular weight excluding hydrogens is 80.1 g/mol. The SMILES string of the molecule is [2H][C@H](S)CC=C. The summed E-state index contributed by atoms with van der Waals surface area (Å²) in [5.74, 6) is 0. The van der Waals surface area contributed by atoms with Crippen LogP contribution in [0.15, 0.2) is 12.7 Å². The van der Waals surface area contributed by atoms with Gasteiger partial charge in [-0.15, -0.1) is 6.58 Å². The van der Waals surface area contributed by atoms with Crippen molar-refractivity contribution in [3.8, 4) is 0 Å². The van der Waals surface area contributed by atoms with Crippen molar-refractivity contribution in [2.45, 2.75) is 6.42 Å². The second kappa shape index (κ2) is 4.09. The highest BCUT2D eigenvalue weighted by Crippen LogP contribution is 1.79. The number of allylic oxidation sites excluding steroid dienone is 1. The molecule has 0 aromatic carbocycles. The largest absolute Gasteiger partial charge is 0.179 e. The summed E-state index contributed by atoms with van der Waals surface area (Å²) in [6, 6.07) is 0. The van der Waals surface area contributed by atoms with Crippen LogP contribution in [-0.2, 0) is 0 Å². The summed E-state index contributed by atoms with van der Waals surface area (Å²) >= 11 is 3.77. The second-order valence-electron chi connectivity index (χ2n) is 0.707. The Kier molecular flexibility index (Phi) is 2.69. The van der Waals surface area contributed by atoms with Crippen LogP contribution < -0.4 is 0 Å². The minimum atomic E-state index is -0.275. The lowest BCUT2D eigenvalue weighted by atomic mass is 10.5. The minimum absolute atomic E-state index is 0.275. The number of thiol groups is 1. The van der Waals surface area contributed by atoms with Crippen molar-refractivity contribution < 1.29 is 1.37 Å². The third kappa shape index (κ3) is 4.09. The summed E-state index contributed by atoms with van der Waals surface area (Å²) in [5, 5.41) is 0. The molecule has 0 unspecified atom stereocenters. The molecular formula is C4H8S. The van der Waals surface area contributed by atoms with Crippen LogP contribution in [0.4, 0.5) is 0 Å². The molecule has 1 heteroatoms. The maximum atomic E-state index is 6.77. The standard InChI is InChI=1S/C4H8S/c1-2-3-4-5/h2,5H,1,3-4H2/i4D/t4-/m0/s1. The van der Waals surface area contributed by atoms with E-state index in [4.69, 9.17) is 1.37 Å². The molecule has 0 heterocycles. The van der Waals surface area contributed by atoms with E-state index < -0.39 is 0 Å². The fourth-order valence-corrected chi connectivity index (χ4v) is 0.224. The molecule has 0 amide bonds. The van der Waals surface area contributed by atoms with Gasteiger partial charge in [0.15, 0.2) is 0 Å². The molecule has 0 aromatic rings. The average Bonchev–Trinajstić information content (AvgIpc) is 1.35. The van der Waals surface area contributed by atoms with E-state index in [1.165, 1.54) is 0 Å². The first kappa shape index (κ1) is 3.29. The molecule has 0 bridgehead atoms. The van der Waals surface area contributed by atoms with Gasteiger partial charge in [0, 0.05) is 1.37 Å². The Bertz CT molecular complexity index is 42.8. The van der Waals surface area contributed by atoms with Crippen molar-refractivity contribution in [2.24, 2.45) is 0 Å². The first-order chi connectivity index (χ1) is 2.77. The lowest BCUT2D eigenvalue weighted by Gasteiger charge is -1.72. The van der Waals surface area contributed by atoms with Crippen LogP contribution in [0.5, 0.6) is 0 Å². The zero-order valence-electron chi connectivity index (χ0n) is 4.02. The fourth-order valence-electron chi connectivity index (χ4n) is 0.0745. The van der Waals surface area contributed by atoms with Crippen molar-refractivity contribution in [3.05, 3.63) is 12.7 Å². The number of hydrogen-bond acceptors (Lipinski definition) is 1. The third-order valence-electron chi connectivity index (χ3n) is 0.272. The first-order valence-electron chi connectivity index (χ1n) is 2.06. The molecule has 0 rings (SSSR count). The molecule has 0 saturated heterocycles. The van der Waals surface area contributed by atoms with Crippen molar-refractivity contribution in [3.63, 3.8) is 0 Å². The lowest BCUT2D eigenvalue weighted by molar-refractivity contribution is 1.26. The van der Waals surface area contributed by atoms with Crippen molar-refractivity contribution >= 4 is 12.6 Å². The Morgan fingerprint density at radius 2 is 2.80 bits per heavy atom. The van der Waals surface area contributed by atoms with E-state index in [1.807, 2.05) is 0 Å². The summed E-state index contributed by atoms with van der Waals surface area (Å²) in [5.41, 5.74) is -0.275. The van der Waals surface area contributed by atoms with E-state index in [1.54, 1.807) is 6.08 Å². The Hall–Kier alpha value is 0.0900. The van der Waals surface area contributed by atoms with Gasteiger partial charge in [-0.05, 0) is 12.1 Å². The van der Waals surface area contributed by atoms with Gasteiger partial charge in [-0.2, -0.15) is 12.6 Å². The highest BCUT2D eigenvalue weighted by molar-refractivity contribution is 7.80. The Morgan fingerprint density at radius 3 is 2.80 bits per heavy atom. The molecule has 0 aliphatic rings.